The van der Waals surface area contributed by atoms with E-state index in [-0.39, 0.29) is 11.9 Å². The molecule has 0 saturated carbocycles. The van der Waals surface area contributed by atoms with Crippen molar-refractivity contribution >= 4 is 5.91 Å². The van der Waals surface area contributed by atoms with Gasteiger partial charge in [0.2, 0.25) is 5.91 Å². The molecule has 0 aromatic heterocycles. The van der Waals surface area contributed by atoms with Crippen molar-refractivity contribution in [3.63, 3.8) is 0 Å². The van der Waals surface area contributed by atoms with Crippen molar-refractivity contribution in [2.24, 2.45) is 0 Å². The summed E-state index contributed by atoms with van der Waals surface area (Å²) in [5, 5.41) is 5.76. The smallest absolute Gasteiger partial charge is 0.234 e. The Labute approximate surface area is 90.9 Å². The minimum absolute atomic E-state index is 0.0215. The molecule has 82 valence electrons. The van der Waals surface area contributed by atoms with E-state index in [0.717, 1.165) is 0 Å². The molecule has 0 aliphatic carbocycles. The summed E-state index contributed by atoms with van der Waals surface area (Å²) in [6.07, 6.45) is 0. The molecule has 1 atom stereocenters. The van der Waals surface area contributed by atoms with Crippen molar-refractivity contribution in [2.45, 2.75) is 19.9 Å². The molecule has 0 bridgehead atoms. The lowest BCUT2D eigenvalue weighted by Gasteiger charge is -2.16. The van der Waals surface area contributed by atoms with Crippen molar-refractivity contribution in [1.29, 1.82) is 0 Å². The lowest BCUT2D eigenvalue weighted by atomic mass is 10.0. The number of hydrogen-bond acceptors (Lipinski definition) is 2. The van der Waals surface area contributed by atoms with E-state index >= 15 is 0 Å². The number of aryl methyl sites for hydroxylation is 1. The molecule has 1 rings (SSSR count). The van der Waals surface area contributed by atoms with Gasteiger partial charge in [0.05, 0.1) is 12.6 Å². The molecule has 0 fully saturated rings. The van der Waals surface area contributed by atoms with Crippen LogP contribution in [0.25, 0.3) is 0 Å². The molecule has 1 aromatic carbocycles. The maximum absolute atomic E-state index is 11.4. The van der Waals surface area contributed by atoms with Crippen LogP contribution in [-0.4, -0.2) is 19.5 Å². The van der Waals surface area contributed by atoms with Crippen LogP contribution in [0.2, 0.25) is 0 Å². The van der Waals surface area contributed by atoms with Crippen LogP contribution < -0.4 is 10.6 Å². The fourth-order valence-electron chi connectivity index (χ4n) is 1.60. The number of likely N-dealkylation sites (N-methyl/N-ethyl adjacent to an activating group) is 1. The first-order chi connectivity index (χ1) is 7.15. The van der Waals surface area contributed by atoms with E-state index in [0.29, 0.717) is 6.54 Å². The largest absolute Gasteiger partial charge is 0.348 e. The van der Waals surface area contributed by atoms with E-state index in [1.807, 2.05) is 25.1 Å². The summed E-state index contributed by atoms with van der Waals surface area (Å²) < 4.78 is 0. The second-order valence-corrected chi connectivity index (χ2v) is 3.68. The Morgan fingerprint density at radius 3 is 2.67 bits per heavy atom. The fraction of sp³-hybridized carbons (Fsp3) is 0.417. The average Bonchev–Trinajstić information content (AvgIpc) is 2.18. The Balaban J connectivity index is 2.65. The lowest BCUT2D eigenvalue weighted by Crippen LogP contribution is -2.34. The molecule has 1 unspecified atom stereocenters. The topological polar surface area (TPSA) is 41.1 Å². The molecule has 2 N–H and O–H groups in total. The first kappa shape index (κ1) is 11.7. The van der Waals surface area contributed by atoms with Crippen molar-refractivity contribution in [3.8, 4) is 0 Å². The van der Waals surface area contributed by atoms with Gasteiger partial charge in [-0.25, -0.2) is 0 Å². The highest BCUT2D eigenvalue weighted by Gasteiger charge is 2.09. The fourth-order valence-corrected chi connectivity index (χ4v) is 1.60. The maximum Gasteiger partial charge on any atom is 0.234 e. The zero-order valence-corrected chi connectivity index (χ0v) is 9.50. The van der Waals surface area contributed by atoms with Crippen LogP contribution in [0.4, 0.5) is 0 Å². The first-order valence-electron chi connectivity index (χ1n) is 5.14. The molecule has 3 nitrogen and oxygen atoms in total. The van der Waals surface area contributed by atoms with Crippen LogP contribution in [0.1, 0.15) is 24.1 Å². The summed E-state index contributed by atoms with van der Waals surface area (Å²) in [7, 11) is 1.76. The van der Waals surface area contributed by atoms with Gasteiger partial charge in [-0.1, -0.05) is 24.3 Å². The summed E-state index contributed by atoms with van der Waals surface area (Å²) in [6.45, 7) is 4.40. The SMILES string of the molecule is CNCC(=O)NC(C)c1ccccc1C. The van der Waals surface area contributed by atoms with Gasteiger partial charge < -0.3 is 10.6 Å². The van der Waals surface area contributed by atoms with E-state index in [1.165, 1.54) is 11.1 Å². The van der Waals surface area contributed by atoms with Gasteiger partial charge in [0.25, 0.3) is 0 Å². The van der Waals surface area contributed by atoms with Crippen molar-refractivity contribution in [3.05, 3.63) is 35.4 Å². The third kappa shape index (κ3) is 3.36. The monoisotopic (exact) mass is 206 g/mol. The zero-order valence-electron chi connectivity index (χ0n) is 9.50. The van der Waals surface area contributed by atoms with E-state index in [4.69, 9.17) is 0 Å². The molecular weight excluding hydrogens is 188 g/mol. The minimum Gasteiger partial charge on any atom is -0.348 e. The third-order valence-corrected chi connectivity index (χ3v) is 2.37. The molecule has 0 radical (unpaired) electrons. The quantitative estimate of drug-likeness (QED) is 0.781. The van der Waals surface area contributed by atoms with Gasteiger partial charge in [-0.15, -0.1) is 0 Å². The summed E-state index contributed by atoms with van der Waals surface area (Å²) in [5.74, 6) is 0.0215. The second-order valence-electron chi connectivity index (χ2n) is 3.68. The van der Waals surface area contributed by atoms with Gasteiger partial charge in [-0.05, 0) is 32.0 Å². The van der Waals surface area contributed by atoms with Crippen molar-refractivity contribution in [1.82, 2.24) is 10.6 Å². The molecule has 0 spiro atoms. The maximum atomic E-state index is 11.4. The Kier molecular flexibility index (Phi) is 4.31. The molecule has 3 heteroatoms. The predicted octanol–water partition coefficient (Wildman–Crippen LogP) is 1.39. The Hall–Kier alpha value is -1.35. The van der Waals surface area contributed by atoms with E-state index < -0.39 is 0 Å². The zero-order chi connectivity index (χ0) is 11.3. The molecular formula is C12H18N2O. The van der Waals surface area contributed by atoms with Crippen LogP contribution in [-0.2, 0) is 4.79 Å². The molecule has 0 aliphatic heterocycles. The number of carbonyl (C=O) groups excluding carboxylic acids is 1. The number of benzene rings is 1. The van der Waals surface area contributed by atoms with Gasteiger partial charge in [-0.3, -0.25) is 4.79 Å². The number of nitrogens with one attached hydrogen (secondary N) is 2. The lowest BCUT2D eigenvalue weighted by molar-refractivity contribution is -0.120. The van der Waals surface area contributed by atoms with Crippen molar-refractivity contribution < 1.29 is 4.79 Å². The second kappa shape index (κ2) is 5.51. The van der Waals surface area contributed by atoms with E-state index in [9.17, 15) is 4.79 Å². The Morgan fingerprint density at radius 2 is 2.07 bits per heavy atom. The molecule has 15 heavy (non-hydrogen) atoms. The molecule has 1 aromatic rings. The molecule has 0 saturated heterocycles. The summed E-state index contributed by atoms with van der Waals surface area (Å²) in [4.78, 5) is 11.4. The van der Waals surface area contributed by atoms with Gasteiger partial charge in [0, 0.05) is 0 Å². The standard InChI is InChI=1S/C12H18N2O/c1-9-6-4-5-7-11(9)10(2)14-12(15)8-13-3/h4-7,10,13H,8H2,1-3H3,(H,14,15). The van der Waals surface area contributed by atoms with E-state index in [2.05, 4.69) is 23.6 Å². The van der Waals surface area contributed by atoms with Gasteiger partial charge in [0.15, 0.2) is 0 Å². The highest BCUT2D eigenvalue weighted by Crippen LogP contribution is 2.16. The Morgan fingerprint density at radius 1 is 1.40 bits per heavy atom. The van der Waals surface area contributed by atoms with Crippen LogP contribution in [0.3, 0.4) is 0 Å². The summed E-state index contributed by atoms with van der Waals surface area (Å²) >= 11 is 0. The number of carbonyl (C=O) groups is 1. The molecule has 1 amide bonds. The van der Waals surface area contributed by atoms with Crippen LogP contribution in [0.5, 0.6) is 0 Å². The van der Waals surface area contributed by atoms with Crippen LogP contribution in [0, 0.1) is 6.92 Å². The number of amides is 1. The highest BCUT2D eigenvalue weighted by atomic mass is 16.1. The highest BCUT2D eigenvalue weighted by molar-refractivity contribution is 5.78. The van der Waals surface area contributed by atoms with Gasteiger partial charge in [-0.2, -0.15) is 0 Å². The van der Waals surface area contributed by atoms with Crippen LogP contribution in [0.15, 0.2) is 24.3 Å². The summed E-state index contributed by atoms with van der Waals surface area (Å²) in [5.41, 5.74) is 2.37. The average molecular weight is 206 g/mol. The molecule has 0 aliphatic rings. The van der Waals surface area contributed by atoms with Gasteiger partial charge in [0.1, 0.15) is 0 Å². The first-order valence-corrected chi connectivity index (χ1v) is 5.14. The van der Waals surface area contributed by atoms with Crippen LogP contribution >= 0.6 is 0 Å². The number of rotatable bonds is 4. The van der Waals surface area contributed by atoms with Crippen molar-refractivity contribution in [2.75, 3.05) is 13.6 Å². The van der Waals surface area contributed by atoms with Gasteiger partial charge >= 0.3 is 0 Å². The summed E-state index contributed by atoms with van der Waals surface area (Å²) in [6, 6.07) is 8.15. The Bertz CT molecular complexity index is 336. The normalized spacial score (nSPS) is 12.2. The minimum atomic E-state index is 0.0215. The third-order valence-electron chi connectivity index (χ3n) is 2.37. The predicted molar refractivity (Wildman–Crippen MR) is 61.7 cm³/mol. The van der Waals surface area contributed by atoms with E-state index in [1.54, 1.807) is 7.05 Å². The number of hydrogen-bond donors (Lipinski definition) is 2. The molecule has 0 heterocycles.